The normalized spacial score (nSPS) is 10.7. The molecule has 0 unspecified atom stereocenters. The fraction of sp³-hybridized carbons (Fsp3) is 0.0435. The van der Waals surface area contributed by atoms with Gasteiger partial charge in [-0.1, -0.05) is 48.5 Å². The Kier molecular flexibility index (Phi) is 4.28. The van der Waals surface area contributed by atoms with Gasteiger partial charge < -0.3 is 0 Å². The SMILES string of the molecule is Cc1nc(-c2ccccc2)c(-c2ccccn2)cc1-c1ccc(F)cc1. The van der Waals surface area contributed by atoms with Crippen molar-refractivity contribution in [3.05, 3.63) is 96.6 Å². The molecule has 0 amide bonds. The van der Waals surface area contributed by atoms with Crippen molar-refractivity contribution in [2.75, 3.05) is 0 Å². The van der Waals surface area contributed by atoms with Crippen LogP contribution in [0.4, 0.5) is 4.39 Å². The fourth-order valence-corrected chi connectivity index (χ4v) is 3.06. The van der Waals surface area contributed by atoms with Crippen LogP contribution in [0.5, 0.6) is 0 Å². The Bertz CT molecular complexity index is 1030. The number of hydrogen-bond donors (Lipinski definition) is 0. The van der Waals surface area contributed by atoms with E-state index in [1.54, 1.807) is 18.3 Å². The molecule has 0 radical (unpaired) electrons. The average Bonchev–Trinajstić information content (AvgIpc) is 2.70. The topological polar surface area (TPSA) is 25.8 Å². The molecule has 126 valence electrons. The summed E-state index contributed by atoms with van der Waals surface area (Å²) < 4.78 is 13.3. The van der Waals surface area contributed by atoms with Crippen LogP contribution in [0.1, 0.15) is 5.69 Å². The lowest BCUT2D eigenvalue weighted by molar-refractivity contribution is 0.628. The summed E-state index contributed by atoms with van der Waals surface area (Å²) in [5, 5.41) is 0. The number of pyridine rings is 2. The molecule has 0 saturated heterocycles. The monoisotopic (exact) mass is 340 g/mol. The average molecular weight is 340 g/mol. The van der Waals surface area contributed by atoms with E-state index < -0.39 is 0 Å². The molecule has 0 fully saturated rings. The van der Waals surface area contributed by atoms with E-state index in [1.807, 2.05) is 55.5 Å². The molecule has 0 bridgehead atoms. The summed E-state index contributed by atoms with van der Waals surface area (Å²) >= 11 is 0. The summed E-state index contributed by atoms with van der Waals surface area (Å²) in [4.78, 5) is 9.40. The number of aryl methyl sites for hydroxylation is 1. The van der Waals surface area contributed by atoms with Crippen molar-refractivity contribution in [3.8, 4) is 33.6 Å². The second-order valence-electron chi connectivity index (χ2n) is 6.11. The lowest BCUT2D eigenvalue weighted by atomic mass is 9.96. The molecular formula is C23H17FN2. The van der Waals surface area contributed by atoms with Gasteiger partial charge in [0.05, 0.1) is 11.4 Å². The molecule has 0 saturated carbocycles. The third kappa shape index (κ3) is 3.11. The number of halogens is 1. The molecule has 2 heterocycles. The summed E-state index contributed by atoms with van der Waals surface area (Å²) in [6.45, 7) is 1.98. The molecule has 3 heteroatoms. The van der Waals surface area contributed by atoms with Gasteiger partial charge in [-0.05, 0) is 42.8 Å². The van der Waals surface area contributed by atoms with Crippen molar-refractivity contribution in [2.45, 2.75) is 6.92 Å². The Labute approximate surface area is 152 Å². The van der Waals surface area contributed by atoms with Crippen LogP contribution in [0, 0.1) is 12.7 Å². The van der Waals surface area contributed by atoms with Gasteiger partial charge in [-0.25, -0.2) is 4.39 Å². The van der Waals surface area contributed by atoms with E-state index in [-0.39, 0.29) is 5.82 Å². The molecule has 0 spiro atoms. The van der Waals surface area contributed by atoms with Crippen LogP contribution in [0.15, 0.2) is 85.1 Å². The number of nitrogens with zero attached hydrogens (tertiary/aromatic N) is 2. The first-order chi connectivity index (χ1) is 12.7. The van der Waals surface area contributed by atoms with E-state index in [0.29, 0.717) is 0 Å². The van der Waals surface area contributed by atoms with Gasteiger partial charge in [0.2, 0.25) is 0 Å². The standard InChI is InChI=1S/C23H17FN2/c1-16-20(17-10-12-19(24)13-11-17)15-21(22-9-5-6-14-25-22)23(26-16)18-7-3-2-4-8-18/h2-15H,1H3. The summed E-state index contributed by atoms with van der Waals surface area (Å²) in [6, 6.07) is 24.5. The lowest BCUT2D eigenvalue weighted by Crippen LogP contribution is -1.97. The van der Waals surface area contributed by atoms with Crippen LogP contribution < -0.4 is 0 Å². The number of aromatic nitrogens is 2. The maximum atomic E-state index is 13.3. The quantitative estimate of drug-likeness (QED) is 0.462. The van der Waals surface area contributed by atoms with Crippen molar-refractivity contribution >= 4 is 0 Å². The first-order valence-electron chi connectivity index (χ1n) is 8.47. The van der Waals surface area contributed by atoms with Gasteiger partial charge in [0.15, 0.2) is 0 Å². The van der Waals surface area contributed by atoms with Crippen molar-refractivity contribution in [2.24, 2.45) is 0 Å². The van der Waals surface area contributed by atoms with Gasteiger partial charge in [-0.15, -0.1) is 0 Å². The maximum Gasteiger partial charge on any atom is 0.123 e. The Morgan fingerprint density at radius 2 is 1.46 bits per heavy atom. The van der Waals surface area contributed by atoms with Gasteiger partial charge >= 0.3 is 0 Å². The van der Waals surface area contributed by atoms with Crippen LogP contribution in [0.3, 0.4) is 0 Å². The lowest BCUT2D eigenvalue weighted by Gasteiger charge is -2.14. The molecule has 0 aliphatic carbocycles. The molecular weight excluding hydrogens is 323 g/mol. The van der Waals surface area contributed by atoms with Gasteiger partial charge in [-0.3, -0.25) is 9.97 Å². The Balaban J connectivity index is 1.96. The Hall–Kier alpha value is -3.33. The van der Waals surface area contributed by atoms with E-state index >= 15 is 0 Å². The second kappa shape index (κ2) is 6.89. The third-order valence-corrected chi connectivity index (χ3v) is 4.36. The van der Waals surface area contributed by atoms with Gasteiger partial charge in [0.1, 0.15) is 5.82 Å². The zero-order chi connectivity index (χ0) is 17.9. The minimum Gasteiger partial charge on any atom is -0.256 e. The van der Waals surface area contributed by atoms with Crippen LogP contribution in [-0.4, -0.2) is 9.97 Å². The van der Waals surface area contributed by atoms with E-state index in [0.717, 1.165) is 39.3 Å². The summed E-state index contributed by atoms with van der Waals surface area (Å²) in [6.07, 6.45) is 1.78. The van der Waals surface area contributed by atoms with E-state index in [4.69, 9.17) is 4.98 Å². The Morgan fingerprint density at radius 1 is 0.731 bits per heavy atom. The Morgan fingerprint density at radius 3 is 2.15 bits per heavy atom. The van der Waals surface area contributed by atoms with Crippen molar-refractivity contribution in [3.63, 3.8) is 0 Å². The van der Waals surface area contributed by atoms with Crippen molar-refractivity contribution in [1.82, 2.24) is 9.97 Å². The summed E-state index contributed by atoms with van der Waals surface area (Å²) in [5.41, 5.74) is 6.58. The van der Waals surface area contributed by atoms with E-state index in [9.17, 15) is 4.39 Å². The van der Waals surface area contributed by atoms with E-state index in [2.05, 4.69) is 11.1 Å². The number of benzene rings is 2. The largest absolute Gasteiger partial charge is 0.256 e. The highest BCUT2D eigenvalue weighted by atomic mass is 19.1. The molecule has 2 aromatic carbocycles. The first kappa shape index (κ1) is 16.2. The summed E-state index contributed by atoms with van der Waals surface area (Å²) in [5.74, 6) is -0.245. The molecule has 2 aromatic heterocycles. The van der Waals surface area contributed by atoms with E-state index in [1.165, 1.54) is 12.1 Å². The molecule has 26 heavy (non-hydrogen) atoms. The minimum atomic E-state index is -0.245. The highest BCUT2D eigenvalue weighted by Crippen LogP contribution is 2.34. The van der Waals surface area contributed by atoms with Gasteiger partial charge in [0, 0.05) is 28.6 Å². The van der Waals surface area contributed by atoms with Crippen molar-refractivity contribution < 1.29 is 4.39 Å². The van der Waals surface area contributed by atoms with Crippen LogP contribution in [0.2, 0.25) is 0 Å². The van der Waals surface area contributed by atoms with Crippen LogP contribution >= 0.6 is 0 Å². The minimum absolute atomic E-state index is 0.245. The molecule has 4 aromatic rings. The predicted octanol–water partition coefficient (Wildman–Crippen LogP) is 5.93. The highest BCUT2D eigenvalue weighted by molar-refractivity contribution is 5.83. The molecule has 0 N–H and O–H groups in total. The van der Waals surface area contributed by atoms with Crippen molar-refractivity contribution in [1.29, 1.82) is 0 Å². The smallest absolute Gasteiger partial charge is 0.123 e. The molecule has 4 rings (SSSR count). The highest BCUT2D eigenvalue weighted by Gasteiger charge is 2.14. The van der Waals surface area contributed by atoms with Crippen LogP contribution in [-0.2, 0) is 0 Å². The zero-order valence-electron chi connectivity index (χ0n) is 14.4. The van der Waals surface area contributed by atoms with Crippen LogP contribution in [0.25, 0.3) is 33.6 Å². The maximum absolute atomic E-state index is 13.3. The summed E-state index contributed by atoms with van der Waals surface area (Å²) in [7, 11) is 0. The van der Waals surface area contributed by atoms with Gasteiger partial charge in [-0.2, -0.15) is 0 Å². The fourth-order valence-electron chi connectivity index (χ4n) is 3.06. The number of hydrogen-bond acceptors (Lipinski definition) is 2. The second-order valence-corrected chi connectivity index (χ2v) is 6.11. The predicted molar refractivity (Wildman–Crippen MR) is 103 cm³/mol. The molecule has 0 aliphatic heterocycles. The zero-order valence-corrected chi connectivity index (χ0v) is 14.4. The number of rotatable bonds is 3. The molecule has 0 atom stereocenters. The third-order valence-electron chi connectivity index (χ3n) is 4.36. The first-order valence-corrected chi connectivity index (χ1v) is 8.47. The van der Waals surface area contributed by atoms with Gasteiger partial charge in [0.25, 0.3) is 0 Å². The molecule has 2 nitrogen and oxygen atoms in total. The molecule has 0 aliphatic rings.